The SMILES string of the molecule is COc1cc(COC(=O)c2ccc3c(c2)C=CC(C)(C)O3)cc(OC)c1C. The molecule has 0 saturated carbocycles. The summed E-state index contributed by atoms with van der Waals surface area (Å²) in [4.78, 5) is 12.5. The van der Waals surface area contributed by atoms with Crippen LogP contribution in [0.5, 0.6) is 17.2 Å². The summed E-state index contributed by atoms with van der Waals surface area (Å²) in [6.07, 6.45) is 3.93. The Kier molecular flexibility index (Phi) is 5.13. The van der Waals surface area contributed by atoms with Gasteiger partial charge in [-0.25, -0.2) is 4.79 Å². The van der Waals surface area contributed by atoms with Crippen molar-refractivity contribution >= 4 is 12.0 Å². The summed E-state index contributed by atoms with van der Waals surface area (Å²) in [6, 6.07) is 8.98. The number of methoxy groups -OCH3 is 2. The number of ether oxygens (including phenoxy) is 4. The highest BCUT2D eigenvalue weighted by Crippen LogP contribution is 2.32. The van der Waals surface area contributed by atoms with Gasteiger partial charge in [-0.1, -0.05) is 6.08 Å². The van der Waals surface area contributed by atoms with Gasteiger partial charge in [0.05, 0.1) is 19.8 Å². The van der Waals surface area contributed by atoms with Gasteiger partial charge in [0.2, 0.25) is 0 Å². The zero-order valence-electron chi connectivity index (χ0n) is 16.3. The lowest BCUT2D eigenvalue weighted by Gasteiger charge is -2.27. The van der Waals surface area contributed by atoms with Gasteiger partial charge in [-0.3, -0.25) is 0 Å². The summed E-state index contributed by atoms with van der Waals surface area (Å²) in [5, 5.41) is 0. The quantitative estimate of drug-likeness (QED) is 0.725. The number of esters is 1. The fourth-order valence-corrected chi connectivity index (χ4v) is 2.96. The summed E-state index contributed by atoms with van der Waals surface area (Å²) in [5.41, 5.74) is 2.69. The van der Waals surface area contributed by atoms with Gasteiger partial charge in [-0.2, -0.15) is 0 Å². The largest absolute Gasteiger partial charge is 0.496 e. The Labute approximate surface area is 159 Å². The number of hydrogen-bond acceptors (Lipinski definition) is 5. The first kappa shape index (κ1) is 18.8. The molecule has 2 aromatic rings. The second kappa shape index (κ2) is 7.35. The van der Waals surface area contributed by atoms with E-state index >= 15 is 0 Å². The maximum absolute atomic E-state index is 12.5. The number of hydrogen-bond donors (Lipinski definition) is 0. The Morgan fingerprint density at radius 1 is 1.07 bits per heavy atom. The number of rotatable bonds is 5. The van der Waals surface area contributed by atoms with Crippen molar-refractivity contribution in [1.29, 1.82) is 0 Å². The highest BCUT2D eigenvalue weighted by atomic mass is 16.5. The minimum Gasteiger partial charge on any atom is -0.496 e. The van der Waals surface area contributed by atoms with Crippen LogP contribution in [0.2, 0.25) is 0 Å². The molecule has 1 aliphatic rings. The Bertz CT molecular complexity index is 871. The third-order valence-electron chi connectivity index (χ3n) is 4.46. The molecule has 142 valence electrons. The van der Waals surface area contributed by atoms with Crippen LogP contribution in [0.15, 0.2) is 36.4 Å². The van der Waals surface area contributed by atoms with Crippen LogP contribution in [0.3, 0.4) is 0 Å². The highest BCUT2D eigenvalue weighted by molar-refractivity contribution is 5.90. The second-order valence-electron chi connectivity index (χ2n) is 6.99. The van der Waals surface area contributed by atoms with E-state index in [1.807, 2.05) is 45.1 Å². The van der Waals surface area contributed by atoms with Crippen molar-refractivity contribution in [2.24, 2.45) is 0 Å². The van der Waals surface area contributed by atoms with Crippen molar-refractivity contribution < 1.29 is 23.7 Å². The third kappa shape index (κ3) is 4.08. The van der Waals surface area contributed by atoms with Gasteiger partial charge < -0.3 is 18.9 Å². The van der Waals surface area contributed by atoms with Crippen molar-refractivity contribution in [3.8, 4) is 17.2 Å². The number of fused-ring (bicyclic) bond motifs is 1. The van der Waals surface area contributed by atoms with Gasteiger partial charge in [0, 0.05) is 11.1 Å². The molecule has 0 N–H and O–H groups in total. The molecule has 0 amide bonds. The summed E-state index contributed by atoms with van der Waals surface area (Å²) in [5.74, 6) is 1.75. The van der Waals surface area contributed by atoms with Crippen LogP contribution in [-0.2, 0) is 11.3 Å². The molecule has 0 spiro atoms. The van der Waals surface area contributed by atoms with Crippen LogP contribution in [0.25, 0.3) is 6.08 Å². The Morgan fingerprint density at radius 2 is 1.74 bits per heavy atom. The van der Waals surface area contributed by atoms with E-state index in [1.165, 1.54) is 0 Å². The van der Waals surface area contributed by atoms with Gasteiger partial charge in [0.1, 0.15) is 29.5 Å². The van der Waals surface area contributed by atoms with Crippen LogP contribution in [0.1, 0.15) is 40.9 Å². The summed E-state index contributed by atoms with van der Waals surface area (Å²) >= 11 is 0. The van der Waals surface area contributed by atoms with Crippen LogP contribution in [0, 0.1) is 6.92 Å². The molecule has 27 heavy (non-hydrogen) atoms. The molecule has 3 rings (SSSR count). The third-order valence-corrected chi connectivity index (χ3v) is 4.46. The molecule has 0 fully saturated rings. The lowest BCUT2D eigenvalue weighted by atomic mass is 10.0. The zero-order valence-corrected chi connectivity index (χ0v) is 16.3. The Balaban J connectivity index is 1.74. The normalized spacial score (nSPS) is 14.1. The average molecular weight is 368 g/mol. The summed E-state index contributed by atoms with van der Waals surface area (Å²) < 4.78 is 22.1. The van der Waals surface area contributed by atoms with Crippen molar-refractivity contribution in [2.45, 2.75) is 33.0 Å². The second-order valence-corrected chi connectivity index (χ2v) is 6.99. The van der Waals surface area contributed by atoms with E-state index in [0.717, 1.165) is 22.4 Å². The van der Waals surface area contributed by atoms with Gasteiger partial charge >= 0.3 is 5.97 Å². The van der Waals surface area contributed by atoms with Crippen LogP contribution < -0.4 is 14.2 Å². The number of carbonyl (C=O) groups excluding carboxylic acids is 1. The van der Waals surface area contributed by atoms with Crippen molar-refractivity contribution in [1.82, 2.24) is 0 Å². The fraction of sp³-hybridized carbons (Fsp3) is 0.318. The zero-order chi connectivity index (χ0) is 19.6. The van der Waals surface area contributed by atoms with Crippen molar-refractivity contribution in [3.63, 3.8) is 0 Å². The molecule has 0 aromatic heterocycles. The molecule has 0 saturated heterocycles. The molecule has 0 aliphatic carbocycles. The van der Waals surface area contributed by atoms with E-state index in [2.05, 4.69) is 0 Å². The van der Waals surface area contributed by atoms with Gasteiger partial charge in [0.15, 0.2) is 0 Å². The lowest BCUT2D eigenvalue weighted by Crippen LogP contribution is -2.27. The maximum atomic E-state index is 12.5. The van der Waals surface area contributed by atoms with Gasteiger partial charge in [-0.15, -0.1) is 0 Å². The molecule has 2 aromatic carbocycles. The molecule has 0 unspecified atom stereocenters. The topological polar surface area (TPSA) is 54.0 Å². The fourth-order valence-electron chi connectivity index (χ4n) is 2.96. The Morgan fingerprint density at radius 3 is 2.37 bits per heavy atom. The monoisotopic (exact) mass is 368 g/mol. The molecule has 1 aliphatic heterocycles. The molecular weight excluding hydrogens is 344 g/mol. The van der Waals surface area contributed by atoms with E-state index < -0.39 is 5.97 Å². The van der Waals surface area contributed by atoms with Gasteiger partial charge in [0.25, 0.3) is 0 Å². The van der Waals surface area contributed by atoms with Crippen LogP contribution in [-0.4, -0.2) is 25.8 Å². The van der Waals surface area contributed by atoms with Crippen molar-refractivity contribution in [2.75, 3.05) is 14.2 Å². The Hall–Kier alpha value is -2.95. The van der Waals surface area contributed by atoms with E-state index in [0.29, 0.717) is 17.1 Å². The standard InChI is InChI=1S/C22H24O5/c1-14-19(24-4)10-15(11-20(14)25-5)13-26-21(23)17-6-7-18-16(12-17)8-9-22(2,3)27-18/h6-12H,13H2,1-5H3. The predicted octanol–water partition coefficient (Wildman–Crippen LogP) is 4.55. The van der Waals surface area contributed by atoms with E-state index in [9.17, 15) is 4.79 Å². The minimum atomic E-state index is -0.394. The summed E-state index contributed by atoms with van der Waals surface area (Å²) in [6.45, 7) is 6.01. The van der Waals surface area contributed by atoms with E-state index in [1.54, 1.807) is 32.4 Å². The van der Waals surface area contributed by atoms with Crippen LogP contribution >= 0.6 is 0 Å². The van der Waals surface area contributed by atoms with E-state index in [-0.39, 0.29) is 12.2 Å². The molecule has 0 atom stereocenters. The summed E-state index contributed by atoms with van der Waals surface area (Å²) in [7, 11) is 3.20. The lowest BCUT2D eigenvalue weighted by molar-refractivity contribution is 0.0472. The molecule has 5 nitrogen and oxygen atoms in total. The molecule has 5 heteroatoms. The first-order valence-electron chi connectivity index (χ1n) is 8.74. The molecule has 0 radical (unpaired) electrons. The average Bonchev–Trinajstić information content (AvgIpc) is 2.65. The highest BCUT2D eigenvalue weighted by Gasteiger charge is 2.22. The first-order valence-corrected chi connectivity index (χ1v) is 8.74. The van der Waals surface area contributed by atoms with E-state index in [4.69, 9.17) is 18.9 Å². The molecule has 1 heterocycles. The van der Waals surface area contributed by atoms with Gasteiger partial charge in [-0.05, 0) is 62.7 Å². The predicted molar refractivity (Wildman–Crippen MR) is 104 cm³/mol. The number of carbonyl (C=O) groups is 1. The van der Waals surface area contributed by atoms with Crippen LogP contribution in [0.4, 0.5) is 0 Å². The molecule has 0 bridgehead atoms. The smallest absolute Gasteiger partial charge is 0.338 e. The molecular formula is C22H24O5. The minimum absolute atomic E-state index is 0.127. The first-order chi connectivity index (χ1) is 12.8. The number of benzene rings is 2. The van der Waals surface area contributed by atoms with Crippen molar-refractivity contribution in [3.05, 3.63) is 58.7 Å². The maximum Gasteiger partial charge on any atom is 0.338 e.